The van der Waals surface area contributed by atoms with E-state index in [9.17, 15) is 9.59 Å². The van der Waals surface area contributed by atoms with Crippen LogP contribution in [0.1, 0.15) is 12.8 Å². The number of hydrogen-bond acceptors (Lipinski definition) is 4. The van der Waals surface area contributed by atoms with Crippen molar-refractivity contribution in [2.24, 2.45) is 11.8 Å². The summed E-state index contributed by atoms with van der Waals surface area (Å²) in [5.41, 5.74) is 0. The first-order valence-electron chi connectivity index (χ1n) is 4.53. The smallest absolute Gasteiger partial charge is 0.322 e. The van der Waals surface area contributed by atoms with Crippen molar-refractivity contribution >= 4 is 11.9 Å². The van der Waals surface area contributed by atoms with Crippen molar-refractivity contribution in [1.29, 1.82) is 0 Å². The van der Waals surface area contributed by atoms with E-state index in [2.05, 4.69) is 4.74 Å². The van der Waals surface area contributed by atoms with Gasteiger partial charge in [-0.15, -0.1) is 0 Å². The van der Waals surface area contributed by atoms with E-state index < -0.39 is 17.9 Å². The zero-order chi connectivity index (χ0) is 10.6. The molecule has 80 valence electrons. The van der Waals surface area contributed by atoms with Crippen LogP contribution in [0.25, 0.3) is 0 Å². The highest BCUT2D eigenvalue weighted by Crippen LogP contribution is 2.28. The molecule has 0 spiro atoms. The summed E-state index contributed by atoms with van der Waals surface area (Å²) in [6, 6.07) is 0. The van der Waals surface area contributed by atoms with Gasteiger partial charge in [0.25, 0.3) is 0 Å². The van der Waals surface area contributed by atoms with Crippen molar-refractivity contribution in [1.82, 2.24) is 0 Å². The van der Waals surface area contributed by atoms with Crippen LogP contribution in [0.5, 0.6) is 0 Å². The van der Waals surface area contributed by atoms with Gasteiger partial charge in [-0.1, -0.05) is 0 Å². The molecule has 0 saturated heterocycles. The van der Waals surface area contributed by atoms with Gasteiger partial charge in [-0.25, -0.2) is 0 Å². The van der Waals surface area contributed by atoms with E-state index in [-0.39, 0.29) is 6.61 Å². The molecule has 1 aliphatic carbocycles. The molecule has 1 atom stereocenters. The number of hydrogen-bond donors (Lipinski definition) is 1. The number of carboxylic acids is 1. The van der Waals surface area contributed by atoms with Gasteiger partial charge in [0, 0.05) is 6.61 Å². The minimum atomic E-state index is -1.20. The minimum Gasteiger partial charge on any atom is -0.481 e. The van der Waals surface area contributed by atoms with Crippen LogP contribution in [0, 0.1) is 11.8 Å². The first-order valence-corrected chi connectivity index (χ1v) is 4.53. The second-order valence-corrected chi connectivity index (χ2v) is 3.39. The van der Waals surface area contributed by atoms with E-state index >= 15 is 0 Å². The molecule has 0 aromatic heterocycles. The van der Waals surface area contributed by atoms with Gasteiger partial charge in [-0.05, 0) is 18.8 Å². The van der Waals surface area contributed by atoms with E-state index in [4.69, 9.17) is 9.84 Å². The first kappa shape index (κ1) is 11.0. The zero-order valence-electron chi connectivity index (χ0n) is 8.06. The van der Waals surface area contributed by atoms with Crippen LogP contribution >= 0.6 is 0 Å². The molecule has 1 rings (SSSR count). The molecule has 0 bridgehead atoms. The van der Waals surface area contributed by atoms with Gasteiger partial charge in [0.05, 0.1) is 13.7 Å². The van der Waals surface area contributed by atoms with Gasteiger partial charge in [-0.3, -0.25) is 9.59 Å². The average Bonchev–Trinajstić information content (AvgIpc) is 2.94. The average molecular weight is 202 g/mol. The Hall–Kier alpha value is -1.10. The summed E-state index contributed by atoms with van der Waals surface area (Å²) < 4.78 is 9.47. The van der Waals surface area contributed by atoms with Crippen LogP contribution in [0.2, 0.25) is 0 Å². The molecule has 1 saturated carbocycles. The third kappa shape index (κ3) is 3.33. The lowest BCUT2D eigenvalue weighted by Crippen LogP contribution is -2.29. The van der Waals surface area contributed by atoms with Crippen molar-refractivity contribution in [3.8, 4) is 0 Å². The van der Waals surface area contributed by atoms with Gasteiger partial charge in [0.15, 0.2) is 5.92 Å². The highest BCUT2D eigenvalue weighted by atomic mass is 16.5. The molecule has 1 unspecified atom stereocenters. The number of esters is 1. The fourth-order valence-electron chi connectivity index (χ4n) is 1.02. The monoisotopic (exact) mass is 202 g/mol. The van der Waals surface area contributed by atoms with Gasteiger partial charge >= 0.3 is 11.9 Å². The third-order valence-electron chi connectivity index (χ3n) is 2.12. The molecule has 1 N–H and O–H groups in total. The Kier molecular flexibility index (Phi) is 3.88. The van der Waals surface area contributed by atoms with Gasteiger partial charge in [0.1, 0.15) is 0 Å². The molecule has 5 nitrogen and oxygen atoms in total. The van der Waals surface area contributed by atoms with E-state index in [1.165, 1.54) is 7.11 Å². The molecule has 14 heavy (non-hydrogen) atoms. The lowest BCUT2D eigenvalue weighted by atomic mass is 10.2. The second-order valence-electron chi connectivity index (χ2n) is 3.39. The molecular formula is C9H14O5. The molecule has 0 aromatic rings. The Bertz CT molecular complexity index is 221. The largest absolute Gasteiger partial charge is 0.481 e. The predicted octanol–water partition coefficient (Wildman–Crippen LogP) is 0.287. The molecule has 0 aromatic carbocycles. The van der Waals surface area contributed by atoms with Crippen LogP contribution in [0.3, 0.4) is 0 Å². The molecule has 0 heterocycles. The van der Waals surface area contributed by atoms with Gasteiger partial charge in [-0.2, -0.15) is 0 Å². The van der Waals surface area contributed by atoms with E-state index in [1.807, 2.05) is 0 Å². The molecule has 0 amide bonds. The summed E-state index contributed by atoms with van der Waals surface area (Å²) in [5, 5.41) is 8.67. The summed E-state index contributed by atoms with van der Waals surface area (Å²) in [7, 11) is 1.17. The normalized spacial score (nSPS) is 17.5. The second kappa shape index (κ2) is 4.95. The number of carboxylic acid groups (broad SMARTS) is 1. The minimum absolute atomic E-state index is 0.0987. The molecule has 1 aliphatic rings. The number of carbonyl (C=O) groups excluding carboxylic acids is 1. The van der Waals surface area contributed by atoms with Crippen LogP contribution < -0.4 is 0 Å². The Labute approximate surface area is 82.0 Å². The fourth-order valence-corrected chi connectivity index (χ4v) is 1.02. The van der Waals surface area contributed by atoms with E-state index in [0.717, 1.165) is 12.8 Å². The quantitative estimate of drug-likeness (QED) is 0.495. The lowest BCUT2D eigenvalue weighted by Gasteiger charge is -2.09. The van der Waals surface area contributed by atoms with Crippen molar-refractivity contribution in [2.45, 2.75) is 12.8 Å². The first-order chi connectivity index (χ1) is 6.65. The SMILES string of the molecule is COC(=O)C(COCC1CC1)C(=O)O. The maximum absolute atomic E-state index is 11.0. The van der Waals surface area contributed by atoms with Crippen LogP contribution in [0.15, 0.2) is 0 Å². The molecular weight excluding hydrogens is 188 g/mol. The number of rotatable bonds is 6. The van der Waals surface area contributed by atoms with Gasteiger partial charge in [0.2, 0.25) is 0 Å². The summed E-state index contributed by atoms with van der Waals surface area (Å²) in [5.74, 6) is -2.60. The number of carbonyl (C=O) groups is 2. The van der Waals surface area contributed by atoms with Crippen LogP contribution in [-0.4, -0.2) is 37.4 Å². The molecule has 1 fully saturated rings. The number of methoxy groups -OCH3 is 1. The van der Waals surface area contributed by atoms with Crippen LogP contribution in [0.4, 0.5) is 0 Å². The highest BCUT2D eigenvalue weighted by molar-refractivity contribution is 5.93. The van der Waals surface area contributed by atoms with Gasteiger partial charge < -0.3 is 14.6 Å². The van der Waals surface area contributed by atoms with Crippen molar-refractivity contribution in [3.05, 3.63) is 0 Å². The fraction of sp³-hybridized carbons (Fsp3) is 0.778. The Balaban J connectivity index is 2.26. The van der Waals surface area contributed by atoms with E-state index in [0.29, 0.717) is 12.5 Å². The maximum Gasteiger partial charge on any atom is 0.322 e. The summed E-state index contributed by atoms with van der Waals surface area (Å²) in [6.07, 6.45) is 2.27. The summed E-state index contributed by atoms with van der Waals surface area (Å²) >= 11 is 0. The maximum atomic E-state index is 11.0. The number of aliphatic carboxylic acids is 1. The third-order valence-corrected chi connectivity index (χ3v) is 2.12. The predicted molar refractivity (Wildman–Crippen MR) is 46.7 cm³/mol. The Morgan fingerprint density at radius 3 is 2.57 bits per heavy atom. The Morgan fingerprint density at radius 1 is 1.50 bits per heavy atom. The summed E-state index contributed by atoms with van der Waals surface area (Å²) in [4.78, 5) is 21.6. The van der Waals surface area contributed by atoms with Crippen molar-refractivity contribution < 1.29 is 24.2 Å². The van der Waals surface area contributed by atoms with Crippen molar-refractivity contribution in [2.75, 3.05) is 20.3 Å². The summed E-state index contributed by atoms with van der Waals surface area (Å²) in [6.45, 7) is 0.444. The molecule has 0 radical (unpaired) electrons. The van der Waals surface area contributed by atoms with E-state index in [1.54, 1.807) is 0 Å². The topological polar surface area (TPSA) is 72.8 Å². The van der Waals surface area contributed by atoms with Crippen molar-refractivity contribution in [3.63, 3.8) is 0 Å². The lowest BCUT2D eigenvalue weighted by molar-refractivity contribution is -0.159. The molecule has 5 heteroatoms. The Morgan fingerprint density at radius 2 is 2.14 bits per heavy atom. The standard InChI is InChI=1S/C9H14O5/c1-13-9(12)7(8(10)11)5-14-4-6-2-3-6/h6-7H,2-5H2,1H3,(H,10,11). The van der Waals surface area contributed by atoms with Crippen LogP contribution in [-0.2, 0) is 19.1 Å². The number of ether oxygens (including phenoxy) is 2. The highest BCUT2D eigenvalue weighted by Gasteiger charge is 2.29. The zero-order valence-corrected chi connectivity index (χ0v) is 8.06. The molecule has 0 aliphatic heterocycles.